The summed E-state index contributed by atoms with van der Waals surface area (Å²) in [5.41, 5.74) is 0.918. The third kappa shape index (κ3) is 6.18. The fraction of sp³-hybridized carbons (Fsp3) is 0.333. The number of ether oxygens (including phenoxy) is 1. The minimum atomic E-state index is 0.0719. The fourth-order valence-corrected chi connectivity index (χ4v) is 5.10. The number of amides is 1. The zero-order valence-electron chi connectivity index (χ0n) is 16.7. The van der Waals surface area contributed by atoms with Crippen molar-refractivity contribution in [1.29, 1.82) is 0 Å². The Labute approximate surface area is 188 Å². The van der Waals surface area contributed by atoms with Crippen LogP contribution in [0.4, 0.5) is 5.13 Å². The van der Waals surface area contributed by atoms with Gasteiger partial charge in [0, 0.05) is 15.9 Å². The molecule has 0 aliphatic carbocycles. The van der Waals surface area contributed by atoms with Gasteiger partial charge in [-0.15, -0.1) is 11.8 Å². The van der Waals surface area contributed by atoms with E-state index in [0.29, 0.717) is 12.3 Å². The second-order valence-corrected chi connectivity index (χ2v) is 9.75. The van der Waals surface area contributed by atoms with Gasteiger partial charge in [-0.05, 0) is 69.5 Å². The van der Waals surface area contributed by atoms with Crippen molar-refractivity contribution in [3.05, 3.63) is 46.9 Å². The monoisotopic (exact) mass is 493 g/mol. The Morgan fingerprint density at radius 3 is 2.62 bits per heavy atom. The minimum Gasteiger partial charge on any atom is -0.497 e. The van der Waals surface area contributed by atoms with Crippen molar-refractivity contribution in [3.63, 3.8) is 0 Å². The van der Waals surface area contributed by atoms with Gasteiger partial charge >= 0.3 is 0 Å². The molecule has 0 fully saturated rings. The molecule has 154 valence electrons. The Kier molecular flexibility index (Phi) is 7.94. The van der Waals surface area contributed by atoms with Crippen molar-refractivity contribution < 1.29 is 9.53 Å². The summed E-state index contributed by atoms with van der Waals surface area (Å²) in [6, 6.07) is 13.8. The molecular weight excluding hydrogens is 470 g/mol. The van der Waals surface area contributed by atoms with Crippen LogP contribution in [0.2, 0.25) is 0 Å². The summed E-state index contributed by atoms with van der Waals surface area (Å²) in [6.45, 7) is 1.58. The van der Waals surface area contributed by atoms with Gasteiger partial charge in [-0.1, -0.05) is 27.3 Å². The Morgan fingerprint density at radius 2 is 1.93 bits per heavy atom. The second kappa shape index (κ2) is 10.4. The third-order valence-corrected chi connectivity index (χ3v) is 6.81. The zero-order valence-corrected chi connectivity index (χ0v) is 19.9. The topological polar surface area (TPSA) is 45.7 Å². The predicted molar refractivity (Wildman–Crippen MR) is 127 cm³/mol. The van der Waals surface area contributed by atoms with Crippen LogP contribution in [0.15, 0.2) is 51.8 Å². The molecule has 8 heteroatoms. The summed E-state index contributed by atoms with van der Waals surface area (Å²) in [4.78, 5) is 22.8. The van der Waals surface area contributed by atoms with E-state index in [0.717, 1.165) is 43.4 Å². The molecule has 0 N–H and O–H groups in total. The Bertz CT molecular complexity index is 960. The molecule has 0 spiro atoms. The summed E-state index contributed by atoms with van der Waals surface area (Å²) in [5, 5.41) is 0.761. The number of thioether (sulfide) groups is 1. The lowest BCUT2D eigenvalue weighted by molar-refractivity contribution is -0.116. The molecule has 0 aliphatic rings. The zero-order chi connectivity index (χ0) is 20.8. The van der Waals surface area contributed by atoms with Gasteiger partial charge in [-0.2, -0.15) is 0 Å². The highest BCUT2D eigenvalue weighted by atomic mass is 79.9. The molecule has 0 saturated heterocycles. The van der Waals surface area contributed by atoms with Crippen LogP contribution in [0.3, 0.4) is 0 Å². The van der Waals surface area contributed by atoms with Crippen LogP contribution in [-0.2, 0) is 4.79 Å². The van der Waals surface area contributed by atoms with E-state index < -0.39 is 0 Å². The summed E-state index contributed by atoms with van der Waals surface area (Å²) >= 11 is 6.60. The molecular formula is C21H24BrN3O2S2. The van der Waals surface area contributed by atoms with Gasteiger partial charge in [-0.25, -0.2) is 4.98 Å². The van der Waals surface area contributed by atoms with E-state index in [1.54, 1.807) is 18.4 Å². The van der Waals surface area contributed by atoms with Crippen molar-refractivity contribution in [3.8, 4) is 5.75 Å². The molecule has 0 unspecified atom stereocenters. The van der Waals surface area contributed by atoms with Crippen molar-refractivity contribution in [2.75, 3.05) is 44.9 Å². The average molecular weight is 494 g/mol. The number of anilines is 1. The largest absolute Gasteiger partial charge is 0.497 e. The van der Waals surface area contributed by atoms with E-state index in [4.69, 9.17) is 9.72 Å². The normalized spacial score (nSPS) is 11.2. The Morgan fingerprint density at radius 1 is 1.17 bits per heavy atom. The number of rotatable bonds is 9. The lowest BCUT2D eigenvalue weighted by atomic mass is 10.3. The van der Waals surface area contributed by atoms with Crippen molar-refractivity contribution in [1.82, 2.24) is 9.88 Å². The molecule has 0 radical (unpaired) electrons. The first kappa shape index (κ1) is 22.1. The van der Waals surface area contributed by atoms with Gasteiger partial charge in [0.2, 0.25) is 5.91 Å². The number of methoxy groups -OCH3 is 1. The molecule has 0 aliphatic heterocycles. The molecule has 0 bridgehead atoms. The number of carbonyl (C=O) groups excluding carboxylic acids is 1. The van der Waals surface area contributed by atoms with E-state index in [2.05, 4.69) is 20.8 Å². The molecule has 0 saturated carbocycles. The molecule has 3 aromatic rings. The first-order valence-electron chi connectivity index (χ1n) is 9.24. The highest BCUT2D eigenvalue weighted by Crippen LogP contribution is 2.32. The number of halogens is 1. The maximum atomic E-state index is 13.1. The quantitative estimate of drug-likeness (QED) is 0.386. The van der Waals surface area contributed by atoms with Gasteiger partial charge in [0.15, 0.2) is 5.13 Å². The van der Waals surface area contributed by atoms with Gasteiger partial charge in [0.25, 0.3) is 0 Å². The summed E-state index contributed by atoms with van der Waals surface area (Å²) in [6.07, 6.45) is 0.894. The van der Waals surface area contributed by atoms with Crippen LogP contribution in [0.5, 0.6) is 5.75 Å². The highest BCUT2D eigenvalue weighted by molar-refractivity contribution is 9.10. The van der Waals surface area contributed by atoms with E-state index in [-0.39, 0.29) is 5.91 Å². The van der Waals surface area contributed by atoms with E-state index in [1.807, 2.05) is 61.5 Å². The van der Waals surface area contributed by atoms with Gasteiger partial charge in [0.1, 0.15) is 5.75 Å². The smallest absolute Gasteiger partial charge is 0.239 e. The van der Waals surface area contributed by atoms with Crippen LogP contribution in [0.1, 0.15) is 6.42 Å². The maximum Gasteiger partial charge on any atom is 0.239 e. The number of carbonyl (C=O) groups is 1. The molecule has 1 aromatic heterocycles. The predicted octanol–water partition coefficient (Wildman–Crippen LogP) is 5.14. The van der Waals surface area contributed by atoms with E-state index >= 15 is 0 Å². The molecule has 5 nitrogen and oxygen atoms in total. The first-order valence-corrected chi connectivity index (χ1v) is 11.8. The highest BCUT2D eigenvalue weighted by Gasteiger charge is 2.20. The summed E-state index contributed by atoms with van der Waals surface area (Å²) in [7, 11) is 5.73. The molecule has 29 heavy (non-hydrogen) atoms. The van der Waals surface area contributed by atoms with E-state index in [1.165, 1.54) is 11.8 Å². The van der Waals surface area contributed by atoms with Crippen LogP contribution < -0.4 is 9.64 Å². The van der Waals surface area contributed by atoms with E-state index in [9.17, 15) is 4.79 Å². The van der Waals surface area contributed by atoms with Gasteiger partial charge in [0.05, 0.1) is 23.1 Å². The SMILES string of the molecule is COc1ccc(SCC(=O)N(CCCN(C)C)c2nc3ccc(Br)cc3s2)cc1. The average Bonchev–Trinajstić information content (AvgIpc) is 3.12. The number of hydrogen-bond donors (Lipinski definition) is 0. The minimum absolute atomic E-state index is 0.0719. The fourth-order valence-electron chi connectivity index (χ4n) is 2.77. The lowest BCUT2D eigenvalue weighted by Crippen LogP contribution is -2.34. The summed E-state index contributed by atoms with van der Waals surface area (Å²) < 4.78 is 7.28. The van der Waals surface area contributed by atoms with Crippen molar-refractivity contribution >= 4 is 60.3 Å². The lowest BCUT2D eigenvalue weighted by Gasteiger charge is -2.21. The molecule has 1 heterocycles. The van der Waals surface area contributed by atoms with Crippen LogP contribution in [0, 0.1) is 0 Å². The molecule has 1 amide bonds. The molecule has 3 rings (SSSR count). The number of nitrogens with zero attached hydrogens (tertiary/aromatic N) is 3. The maximum absolute atomic E-state index is 13.1. The van der Waals surface area contributed by atoms with Gasteiger partial charge < -0.3 is 9.64 Å². The standard InChI is InChI=1S/C21H24BrN3O2S2/c1-24(2)11-4-12-25(21-23-18-10-5-15(22)13-19(18)29-21)20(26)14-28-17-8-6-16(27-3)7-9-17/h5-10,13H,4,11-12,14H2,1-3H3. The van der Waals surface area contributed by atoms with Crippen LogP contribution >= 0.6 is 39.0 Å². The van der Waals surface area contributed by atoms with Crippen molar-refractivity contribution in [2.24, 2.45) is 0 Å². The Hall–Kier alpha value is -1.61. The van der Waals surface area contributed by atoms with Crippen LogP contribution in [0.25, 0.3) is 10.2 Å². The van der Waals surface area contributed by atoms with Gasteiger partial charge in [-0.3, -0.25) is 9.69 Å². The van der Waals surface area contributed by atoms with Crippen LogP contribution in [-0.4, -0.2) is 55.8 Å². The Balaban J connectivity index is 1.74. The first-order chi connectivity index (χ1) is 14.0. The number of fused-ring (bicyclic) bond motifs is 1. The number of hydrogen-bond acceptors (Lipinski definition) is 6. The van der Waals surface area contributed by atoms with Crippen molar-refractivity contribution in [2.45, 2.75) is 11.3 Å². The number of benzene rings is 2. The molecule has 2 aromatic carbocycles. The number of aromatic nitrogens is 1. The second-order valence-electron chi connectivity index (χ2n) is 6.77. The number of thiazole rings is 1. The summed E-state index contributed by atoms with van der Waals surface area (Å²) in [5.74, 6) is 1.25. The third-order valence-electron chi connectivity index (χ3n) is 4.28. The molecule has 0 atom stereocenters.